The minimum absolute atomic E-state index is 0.00701. The summed E-state index contributed by atoms with van der Waals surface area (Å²) >= 11 is 0. The van der Waals surface area contributed by atoms with Gasteiger partial charge in [-0.3, -0.25) is 15.1 Å². The molecule has 1 aromatic heterocycles. The van der Waals surface area contributed by atoms with E-state index >= 15 is 0 Å². The molecule has 1 unspecified atom stereocenters. The molecule has 2 aromatic rings. The van der Waals surface area contributed by atoms with E-state index in [-0.39, 0.29) is 17.5 Å². The molecule has 118 valence electrons. The highest BCUT2D eigenvalue weighted by Gasteiger charge is 2.20. The molecule has 1 aromatic carbocycles. The van der Waals surface area contributed by atoms with Gasteiger partial charge in [0, 0.05) is 48.9 Å². The minimum Gasteiger partial charge on any atom is -0.370 e. The van der Waals surface area contributed by atoms with Gasteiger partial charge in [0.25, 0.3) is 5.69 Å². The van der Waals surface area contributed by atoms with Crippen LogP contribution in [0.15, 0.2) is 30.6 Å². The molecule has 0 saturated heterocycles. The summed E-state index contributed by atoms with van der Waals surface area (Å²) in [6, 6.07) is 4.50. The van der Waals surface area contributed by atoms with Crippen LogP contribution < -0.4 is 4.90 Å². The number of hydrogen-bond donors (Lipinski definition) is 0. The van der Waals surface area contributed by atoms with Gasteiger partial charge in [0.1, 0.15) is 9.84 Å². The number of benzene rings is 1. The first-order chi connectivity index (χ1) is 10.2. The standard InChI is InChI=1S/C14H17N3O4S/c1-10(9-22(3,20)21)16(2)13-4-5-14(17(18)19)12-8-15-7-6-11(12)13/h4-8,10H,9H2,1-3H3. The van der Waals surface area contributed by atoms with Crippen LogP contribution in [0.1, 0.15) is 6.92 Å². The van der Waals surface area contributed by atoms with Gasteiger partial charge in [-0.1, -0.05) is 0 Å². The molecule has 0 saturated carbocycles. The zero-order valence-corrected chi connectivity index (χ0v) is 13.4. The molecule has 22 heavy (non-hydrogen) atoms. The third-order valence-corrected chi connectivity index (χ3v) is 4.64. The highest BCUT2D eigenvalue weighted by atomic mass is 32.2. The van der Waals surface area contributed by atoms with Gasteiger partial charge in [0.15, 0.2) is 0 Å². The summed E-state index contributed by atoms with van der Waals surface area (Å²) in [4.78, 5) is 16.4. The highest BCUT2D eigenvalue weighted by Crippen LogP contribution is 2.33. The first-order valence-electron chi connectivity index (χ1n) is 6.62. The molecular weight excluding hydrogens is 306 g/mol. The SMILES string of the molecule is CC(CS(C)(=O)=O)N(C)c1ccc([N+](=O)[O-])c2cnccc12. The lowest BCUT2D eigenvalue weighted by molar-refractivity contribution is -0.383. The van der Waals surface area contributed by atoms with Crippen LogP contribution in [0.3, 0.4) is 0 Å². The summed E-state index contributed by atoms with van der Waals surface area (Å²) in [5.74, 6) is 0.00701. The Morgan fingerprint density at radius 3 is 2.59 bits per heavy atom. The number of anilines is 1. The number of nitro groups is 1. The van der Waals surface area contributed by atoms with Gasteiger partial charge < -0.3 is 4.90 Å². The molecule has 2 rings (SSSR count). The van der Waals surface area contributed by atoms with E-state index in [0.29, 0.717) is 10.8 Å². The maximum atomic E-state index is 11.5. The molecule has 0 amide bonds. The monoisotopic (exact) mass is 323 g/mol. The molecule has 0 bridgehead atoms. The van der Waals surface area contributed by atoms with Crippen LogP contribution in [0.2, 0.25) is 0 Å². The Labute approximate surface area is 128 Å². The van der Waals surface area contributed by atoms with Crippen molar-refractivity contribution in [1.82, 2.24) is 4.98 Å². The van der Waals surface area contributed by atoms with Crippen molar-refractivity contribution >= 4 is 32.0 Å². The molecule has 0 radical (unpaired) electrons. The average molecular weight is 323 g/mol. The van der Waals surface area contributed by atoms with E-state index < -0.39 is 14.8 Å². The molecular formula is C14H17N3O4S. The Balaban J connectivity index is 2.53. The van der Waals surface area contributed by atoms with Crippen molar-refractivity contribution in [2.75, 3.05) is 24.0 Å². The second-order valence-electron chi connectivity index (χ2n) is 5.33. The van der Waals surface area contributed by atoms with E-state index in [4.69, 9.17) is 0 Å². The Morgan fingerprint density at radius 2 is 2.00 bits per heavy atom. The Bertz CT molecular complexity index is 820. The normalized spacial score (nSPS) is 13.0. The quantitative estimate of drug-likeness (QED) is 0.617. The van der Waals surface area contributed by atoms with E-state index in [1.807, 2.05) is 4.90 Å². The molecule has 1 atom stereocenters. The number of nitrogens with zero attached hydrogens (tertiary/aromatic N) is 3. The predicted molar refractivity (Wildman–Crippen MR) is 86.0 cm³/mol. The topological polar surface area (TPSA) is 93.4 Å². The molecule has 0 aliphatic rings. The van der Waals surface area contributed by atoms with Crippen LogP contribution in [-0.2, 0) is 9.84 Å². The lowest BCUT2D eigenvalue weighted by Gasteiger charge is -2.27. The Hall–Kier alpha value is -2.22. The van der Waals surface area contributed by atoms with Crippen LogP contribution in [0.25, 0.3) is 10.8 Å². The summed E-state index contributed by atoms with van der Waals surface area (Å²) in [6.07, 6.45) is 4.20. The fourth-order valence-electron chi connectivity index (χ4n) is 2.41. The number of pyridine rings is 1. The van der Waals surface area contributed by atoms with E-state index in [0.717, 1.165) is 5.69 Å². The van der Waals surface area contributed by atoms with Crippen LogP contribution in [0.5, 0.6) is 0 Å². The van der Waals surface area contributed by atoms with Gasteiger partial charge in [0.2, 0.25) is 0 Å². The smallest absolute Gasteiger partial charge is 0.278 e. The zero-order chi connectivity index (χ0) is 16.5. The maximum absolute atomic E-state index is 11.5. The summed E-state index contributed by atoms with van der Waals surface area (Å²) in [7, 11) is -1.34. The number of fused-ring (bicyclic) bond motifs is 1. The molecule has 8 heteroatoms. The predicted octanol–water partition coefficient (Wildman–Crippen LogP) is 2.01. The molecule has 0 N–H and O–H groups in total. The number of nitro benzene ring substituents is 1. The van der Waals surface area contributed by atoms with Gasteiger partial charge in [-0.15, -0.1) is 0 Å². The van der Waals surface area contributed by atoms with Gasteiger partial charge in [-0.2, -0.15) is 0 Å². The summed E-state index contributed by atoms with van der Waals surface area (Å²) < 4.78 is 22.9. The second kappa shape index (κ2) is 5.88. The fourth-order valence-corrected chi connectivity index (χ4v) is 3.51. The van der Waals surface area contributed by atoms with Crippen molar-refractivity contribution in [2.45, 2.75) is 13.0 Å². The largest absolute Gasteiger partial charge is 0.370 e. The number of aromatic nitrogens is 1. The molecule has 0 aliphatic carbocycles. The number of sulfone groups is 1. The highest BCUT2D eigenvalue weighted by molar-refractivity contribution is 7.90. The fraction of sp³-hybridized carbons (Fsp3) is 0.357. The summed E-state index contributed by atoms with van der Waals surface area (Å²) in [5, 5.41) is 12.2. The van der Waals surface area contributed by atoms with E-state index in [1.165, 1.54) is 18.5 Å². The molecule has 7 nitrogen and oxygen atoms in total. The third-order valence-electron chi connectivity index (χ3n) is 3.55. The number of hydrogen-bond acceptors (Lipinski definition) is 6. The van der Waals surface area contributed by atoms with Crippen LogP contribution in [0, 0.1) is 10.1 Å². The zero-order valence-electron chi connectivity index (χ0n) is 12.6. The van der Waals surface area contributed by atoms with Crippen LogP contribution in [-0.4, -0.2) is 43.4 Å². The molecule has 0 fully saturated rings. The van der Waals surface area contributed by atoms with Crippen molar-refractivity contribution < 1.29 is 13.3 Å². The molecule has 0 aliphatic heterocycles. The lowest BCUT2D eigenvalue weighted by atomic mass is 10.1. The minimum atomic E-state index is -3.11. The van der Waals surface area contributed by atoms with Gasteiger partial charge in [0.05, 0.1) is 16.1 Å². The van der Waals surface area contributed by atoms with Gasteiger partial charge in [-0.25, -0.2) is 8.42 Å². The maximum Gasteiger partial charge on any atom is 0.278 e. The third kappa shape index (κ3) is 3.33. The summed E-state index contributed by atoms with van der Waals surface area (Å²) in [6.45, 7) is 1.80. The molecule has 0 spiro atoms. The van der Waals surface area contributed by atoms with E-state index in [2.05, 4.69) is 4.98 Å². The van der Waals surface area contributed by atoms with Crippen LogP contribution in [0.4, 0.5) is 11.4 Å². The molecule has 1 heterocycles. The second-order valence-corrected chi connectivity index (χ2v) is 7.52. The number of non-ortho nitro benzene ring substituents is 1. The Kier molecular flexibility index (Phi) is 4.32. The van der Waals surface area contributed by atoms with Crippen molar-refractivity contribution in [2.24, 2.45) is 0 Å². The van der Waals surface area contributed by atoms with Gasteiger partial charge >= 0.3 is 0 Å². The van der Waals surface area contributed by atoms with Crippen molar-refractivity contribution in [1.29, 1.82) is 0 Å². The Morgan fingerprint density at radius 1 is 1.32 bits per heavy atom. The summed E-state index contributed by atoms with van der Waals surface area (Å²) in [5.41, 5.74) is 0.718. The average Bonchev–Trinajstić information content (AvgIpc) is 2.43. The van der Waals surface area contributed by atoms with Gasteiger partial charge in [-0.05, 0) is 19.1 Å². The van der Waals surface area contributed by atoms with E-state index in [9.17, 15) is 18.5 Å². The first-order valence-corrected chi connectivity index (χ1v) is 8.68. The van der Waals surface area contributed by atoms with Crippen molar-refractivity contribution in [3.63, 3.8) is 0 Å². The van der Waals surface area contributed by atoms with Crippen molar-refractivity contribution in [3.8, 4) is 0 Å². The van der Waals surface area contributed by atoms with E-state index in [1.54, 1.807) is 32.3 Å². The lowest BCUT2D eigenvalue weighted by Crippen LogP contribution is -2.34. The number of rotatable bonds is 5. The van der Waals surface area contributed by atoms with Crippen molar-refractivity contribution in [3.05, 3.63) is 40.7 Å². The first kappa shape index (κ1) is 16.2. The van der Waals surface area contributed by atoms with Crippen LogP contribution >= 0.6 is 0 Å².